The third kappa shape index (κ3) is 4.88. The number of halogens is 1. The molecule has 0 aromatic heterocycles. The van der Waals surface area contributed by atoms with Crippen LogP contribution in [0, 0.1) is 12.7 Å². The van der Waals surface area contributed by atoms with Crippen molar-refractivity contribution in [2.75, 3.05) is 12.3 Å². The van der Waals surface area contributed by atoms with Crippen LogP contribution in [0.25, 0.3) is 0 Å². The lowest BCUT2D eigenvalue weighted by atomic mass is 10.1. The Bertz CT molecular complexity index is 703. The van der Waals surface area contributed by atoms with Gasteiger partial charge >= 0.3 is 5.97 Å². The minimum atomic E-state index is -0.923. The van der Waals surface area contributed by atoms with Crippen molar-refractivity contribution < 1.29 is 23.8 Å². The summed E-state index contributed by atoms with van der Waals surface area (Å²) >= 11 is 0. The SMILES string of the molecule is Cc1ccc(COc2ccc(N)c(F)c2)c(OCCC(=O)O)c1. The van der Waals surface area contributed by atoms with Gasteiger partial charge in [0.15, 0.2) is 0 Å². The first-order chi connectivity index (χ1) is 11.0. The summed E-state index contributed by atoms with van der Waals surface area (Å²) in [5, 5.41) is 8.67. The van der Waals surface area contributed by atoms with Gasteiger partial charge in [0.1, 0.15) is 23.9 Å². The van der Waals surface area contributed by atoms with Crippen molar-refractivity contribution in [1.29, 1.82) is 0 Å². The first kappa shape index (κ1) is 16.6. The minimum Gasteiger partial charge on any atom is -0.493 e. The number of carboxylic acids is 1. The monoisotopic (exact) mass is 319 g/mol. The molecule has 0 amide bonds. The number of ether oxygens (including phenoxy) is 2. The smallest absolute Gasteiger partial charge is 0.306 e. The normalized spacial score (nSPS) is 10.3. The third-order valence-corrected chi connectivity index (χ3v) is 3.16. The molecule has 0 spiro atoms. The predicted octanol–water partition coefficient (Wildman–Crippen LogP) is 3.15. The van der Waals surface area contributed by atoms with Crippen LogP contribution in [0.5, 0.6) is 11.5 Å². The molecule has 0 radical (unpaired) electrons. The van der Waals surface area contributed by atoms with E-state index in [0.29, 0.717) is 11.5 Å². The molecule has 3 N–H and O–H groups in total. The van der Waals surface area contributed by atoms with E-state index in [9.17, 15) is 9.18 Å². The van der Waals surface area contributed by atoms with E-state index < -0.39 is 11.8 Å². The van der Waals surface area contributed by atoms with E-state index in [2.05, 4.69) is 0 Å². The highest BCUT2D eigenvalue weighted by Crippen LogP contribution is 2.24. The van der Waals surface area contributed by atoms with Gasteiger partial charge in [-0.2, -0.15) is 0 Å². The lowest BCUT2D eigenvalue weighted by molar-refractivity contribution is -0.137. The minimum absolute atomic E-state index is 0.0605. The summed E-state index contributed by atoms with van der Waals surface area (Å²) < 4.78 is 24.4. The molecule has 122 valence electrons. The van der Waals surface area contributed by atoms with Gasteiger partial charge < -0.3 is 20.3 Å². The Morgan fingerprint density at radius 2 is 2.00 bits per heavy atom. The van der Waals surface area contributed by atoms with Crippen LogP contribution in [0.2, 0.25) is 0 Å². The molecule has 2 aromatic rings. The van der Waals surface area contributed by atoms with Gasteiger partial charge in [-0.05, 0) is 30.7 Å². The molecule has 23 heavy (non-hydrogen) atoms. The molecular weight excluding hydrogens is 301 g/mol. The van der Waals surface area contributed by atoms with Crippen LogP contribution in [0.4, 0.5) is 10.1 Å². The summed E-state index contributed by atoms with van der Waals surface area (Å²) in [7, 11) is 0. The molecule has 0 aliphatic carbocycles. The highest BCUT2D eigenvalue weighted by Gasteiger charge is 2.08. The highest BCUT2D eigenvalue weighted by atomic mass is 19.1. The van der Waals surface area contributed by atoms with Crippen molar-refractivity contribution in [1.82, 2.24) is 0 Å². The fourth-order valence-corrected chi connectivity index (χ4v) is 1.92. The molecule has 0 atom stereocenters. The first-order valence-corrected chi connectivity index (χ1v) is 7.07. The molecule has 0 heterocycles. The fraction of sp³-hybridized carbons (Fsp3) is 0.235. The summed E-state index contributed by atoms with van der Waals surface area (Å²) in [5.74, 6) is -0.548. The van der Waals surface area contributed by atoms with Crippen LogP contribution >= 0.6 is 0 Å². The maximum absolute atomic E-state index is 13.4. The summed E-state index contributed by atoms with van der Waals surface area (Å²) in [4.78, 5) is 10.6. The van der Waals surface area contributed by atoms with E-state index in [1.807, 2.05) is 25.1 Å². The van der Waals surface area contributed by atoms with Crippen LogP contribution in [-0.2, 0) is 11.4 Å². The molecule has 2 aromatic carbocycles. The third-order valence-electron chi connectivity index (χ3n) is 3.16. The Balaban J connectivity index is 2.06. The van der Waals surface area contributed by atoms with Crippen molar-refractivity contribution in [3.05, 3.63) is 53.3 Å². The molecule has 0 aliphatic heterocycles. The van der Waals surface area contributed by atoms with Crippen molar-refractivity contribution >= 4 is 11.7 Å². The van der Waals surface area contributed by atoms with Gasteiger partial charge in [0.2, 0.25) is 0 Å². The Kier molecular flexibility index (Phi) is 5.41. The molecule has 6 heteroatoms. The number of benzene rings is 2. The number of hydrogen-bond acceptors (Lipinski definition) is 4. The lowest BCUT2D eigenvalue weighted by Gasteiger charge is -2.13. The predicted molar refractivity (Wildman–Crippen MR) is 84.1 cm³/mol. The van der Waals surface area contributed by atoms with E-state index in [0.717, 1.165) is 11.1 Å². The second-order valence-corrected chi connectivity index (χ2v) is 5.08. The number of carbonyl (C=O) groups is 1. The largest absolute Gasteiger partial charge is 0.493 e. The van der Waals surface area contributed by atoms with Gasteiger partial charge in [0.05, 0.1) is 18.7 Å². The Morgan fingerprint density at radius 1 is 1.22 bits per heavy atom. The van der Waals surface area contributed by atoms with Crippen LogP contribution in [-0.4, -0.2) is 17.7 Å². The molecule has 0 saturated carbocycles. The highest BCUT2D eigenvalue weighted by molar-refractivity contribution is 5.66. The average molecular weight is 319 g/mol. The zero-order chi connectivity index (χ0) is 16.8. The number of rotatable bonds is 7. The van der Waals surface area contributed by atoms with Crippen molar-refractivity contribution in [3.8, 4) is 11.5 Å². The summed E-state index contributed by atoms with van der Waals surface area (Å²) in [6.45, 7) is 2.15. The molecule has 5 nitrogen and oxygen atoms in total. The summed E-state index contributed by atoms with van der Waals surface area (Å²) in [6.07, 6.45) is -0.0859. The maximum atomic E-state index is 13.4. The van der Waals surface area contributed by atoms with Gasteiger partial charge in [0, 0.05) is 11.6 Å². The molecule has 0 unspecified atom stereocenters. The summed E-state index contributed by atoms with van der Waals surface area (Å²) in [5.41, 5.74) is 7.21. The van der Waals surface area contributed by atoms with Crippen molar-refractivity contribution in [2.24, 2.45) is 0 Å². The van der Waals surface area contributed by atoms with Gasteiger partial charge in [-0.15, -0.1) is 0 Å². The molecule has 0 fully saturated rings. The Hall–Kier alpha value is -2.76. The number of nitrogen functional groups attached to an aromatic ring is 1. The quantitative estimate of drug-likeness (QED) is 0.766. The number of anilines is 1. The topological polar surface area (TPSA) is 81.8 Å². The Labute approximate surface area is 133 Å². The first-order valence-electron chi connectivity index (χ1n) is 7.07. The number of nitrogens with two attached hydrogens (primary N) is 1. The van der Waals surface area contributed by atoms with Gasteiger partial charge in [-0.25, -0.2) is 4.39 Å². The van der Waals surface area contributed by atoms with Gasteiger partial charge in [-0.3, -0.25) is 4.79 Å². The zero-order valence-corrected chi connectivity index (χ0v) is 12.7. The van der Waals surface area contributed by atoms with Crippen molar-refractivity contribution in [3.63, 3.8) is 0 Å². The van der Waals surface area contributed by atoms with E-state index in [1.54, 1.807) is 6.07 Å². The fourth-order valence-electron chi connectivity index (χ4n) is 1.92. The number of hydrogen-bond donors (Lipinski definition) is 2. The zero-order valence-electron chi connectivity index (χ0n) is 12.7. The van der Waals surface area contributed by atoms with Gasteiger partial charge in [0.25, 0.3) is 0 Å². The summed E-state index contributed by atoms with van der Waals surface area (Å²) in [6, 6.07) is 9.77. The molecule has 2 rings (SSSR count). The standard InChI is InChI=1S/C17H18FNO4/c1-11-2-3-12(16(8-11)22-7-6-17(20)21)10-23-13-4-5-15(19)14(18)9-13/h2-5,8-9H,6-7,10,19H2,1H3,(H,20,21). The van der Waals surface area contributed by atoms with E-state index in [-0.39, 0.29) is 25.3 Å². The molecule has 0 bridgehead atoms. The maximum Gasteiger partial charge on any atom is 0.306 e. The average Bonchev–Trinajstić information content (AvgIpc) is 2.49. The number of aliphatic carboxylic acids is 1. The molecule has 0 saturated heterocycles. The van der Waals surface area contributed by atoms with Crippen LogP contribution in [0.1, 0.15) is 17.5 Å². The molecular formula is C17H18FNO4. The Morgan fingerprint density at radius 3 is 2.70 bits per heavy atom. The van der Waals surface area contributed by atoms with Crippen LogP contribution in [0.15, 0.2) is 36.4 Å². The van der Waals surface area contributed by atoms with Crippen LogP contribution < -0.4 is 15.2 Å². The molecule has 0 aliphatic rings. The van der Waals surface area contributed by atoms with Crippen LogP contribution in [0.3, 0.4) is 0 Å². The lowest BCUT2D eigenvalue weighted by Crippen LogP contribution is -2.07. The second kappa shape index (κ2) is 7.49. The number of carboxylic acid groups (broad SMARTS) is 1. The van der Waals surface area contributed by atoms with E-state index >= 15 is 0 Å². The van der Waals surface area contributed by atoms with Crippen molar-refractivity contribution in [2.45, 2.75) is 20.0 Å². The van der Waals surface area contributed by atoms with E-state index in [4.69, 9.17) is 20.3 Å². The van der Waals surface area contributed by atoms with E-state index in [1.165, 1.54) is 12.1 Å². The number of aryl methyl sites for hydroxylation is 1. The van der Waals surface area contributed by atoms with Gasteiger partial charge in [-0.1, -0.05) is 12.1 Å². The second-order valence-electron chi connectivity index (χ2n) is 5.08.